The SMILES string of the molecule is Cc1ccc([C@H]2[C@H]3C(=O)N(c4ccccc4)C(=O)[C@H]3ON2c2ccccc2)c(C)c1. The van der Waals surface area contributed by atoms with E-state index in [9.17, 15) is 9.59 Å². The summed E-state index contributed by atoms with van der Waals surface area (Å²) in [5, 5.41) is 1.74. The van der Waals surface area contributed by atoms with Gasteiger partial charge in [-0.05, 0) is 49.2 Å². The number of carbonyl (C=O) groups is 2. The summed E-state index contributed by atoms with van der Waals surface area (Å²) in [6.45, 7) is 4.08. The molecular weight excluding hydrogens is 376 g/mol. The number of fused-ring (bicyclic) bond motifs is 1. The summed E-state index contributed by atoms with van der Waals surface area (Å²) in [7, 11) is 0. The molecular formula is C25H22N2O3. The fourth-order valence-corrected chi connectivity index (χ4v) is 4.52. The molecule has 30 heavy (non-hydrogen) atoms. The van der Waals surface area contributed by atoms with Crippen LogP contribution in [0.5, 0.6) is 0 Å². The molecule has 2 aliphatic heterocycles. The summed E-state index contributed by atoms with van der Waals surface area (Å²) in [5.74, 6) is -1.15. The highest BCUT2D eigenvalue weighted by atomic mass is 16.7. The first kappa shape index (κ1) is 18.6. The lowest BCUT2D eigenvalue weighted by molar-refractivity contribution is -0.126. The van der Waals surface area contributed by atoms with Gasteiger partial charge in [-0.2, -0.15) is 0 Å². The van der Waals surface area contributed by atoms with Gasteiger partial charge in [-0.25, -0.2) is 9.96 Å². The molecule has 2 heterocycles. The molecule has 0 radical (unpaired) electrons. The van der Waals surface area contributed by atoms with Crippen molar-refractivity contribution in [3.8, 4) is 0 Å². The summed E-state index contributed by atoms with van der Waals surface area (Å²) in [5.41, 5.74) is 4.62. The molecule has 2 saturated heterocycles. The minimum Gasteiger partial charge on any atom is -0.273 e. The van der Waals surface area contributed by atoms with Crippen LogP contribution in [0.4, 0.5) is 11.4 Å². The van der Waals surface area contributed by atoms with E-state index in [-0.39, 0.29) is 17.9 Å². The highest BCUT2D eigenvalue weighted by Gasteiger charge is 2.60. The summed E-state index contributed by atoms with van der Waals surface area (Å²) in [6.07, 6.45) is -0.844. The first-order valence-electron chi connectivity index (χ1n) is 10.1. The Morgan fingerprint density at radius 2 is 1.40 bits per heavy atom. The molecule has 0 aromatic heterocycles. The molecule has 0 saturated carbocycles. The molecule has 5 heteroatoms. The standard InChI is InChI=1S/C25H22N2O3/c1-16-13-14-20(17(2)15-16)22-21-23(30-27(22)19-11-7-4-8-12-19)25(29)26(24(21)28)18-9-5-3-6-10-18/h3-15,21-23H,1-2H3/t21-,22+,23+/m1/s1. The number of para-hydroxylation sites is 2. The Labute approximate surface area is 175 Å². The number of imide groups is 1. The molecule has 0 N–H and O–H groups in total. The molecule has 5 rings (SSSR count). The zero-order valence-corrected chi connectivity index (χ0v) is 16.9. The van der Waals surface area contributed by atoms with Crippen LogP contribution < -0.4 is 9.96 Å². The van der Waals surface area contributed by atoms with E-state index >= 15 is 0 Å². The first-order valence-corrected chi connectivity index (χ1v) is 10.1. The number of nitrogens with zero attached hydrogens (tertiary/aromatic N) is 2. The van der Waals surface area contributed by atoms with Gasteiger partial charge >= 0.3 is 0 Å². The number of hydroxylamine groups is 1. The monoisotopic (exact) mass is 398 g/mol. The minimum atomic E-state index is -0.844. The average Bonchev–Trinajstić information content (AvgIpc) is 3.26. The third-order valence-corrected chi connectivity index (χ3v) is 5.88. The Morgan fingerprint density at radius 3 is 2.03 bits per heavy atom. The quantitative estimate of drug-likeness (QED) is 0.616. The average molecular weight is 398 g/mol. The molecule has 0 spiro atoms. The number of anilines is 2. The number of rotatable bonds is 3. The smallest absolute Gasteiger partial charge is 0.266 e. The highest BCUT2D eigenvalue weighted by Crippen LogP contribution is 2.48. The van der Waals surface area contributed by atoms with E-state index in [1.54, 1.807) is 17.2 Å². The first-order chi connectivity index (χ1) is 14.6. The summed E-state index contributed by atoms with van der Waals surface area (Å²) < 4.78 is 0. The third-order valence-electron chi connectivity index (χ3n) is 5.88. The van der Waals surface area contributed by atoms with Gasteiger partial charge in [0.15, 0.2) is 6.10 Å². The fraction of sp³-hybridized carbons (Fsp3) is 0.200. The van der Waals surface area contributed by atoms with E-state index in [1.165, 1.54) is 4.90 Å². The van der Waals surface area contributed by atoms with Crippen molar-refractivity contribution in [2.45, 2.75) is 26.0 Å². The lowest BCUT2D eigenvalue weighted by Crippen LogP contribution is -2.37. The largest absolute Gasteiger partial charge is 0.273 e. The molecule has 0 bridgehead atoms. The molecule has 3 aromatic rings. The van der Waals surface area contributed by atoms with Crippen LogP contribution >= 0.6 is 0 Å². The summed E-state index contributed by atoms with van der Waals surface area (Å²) in [4.78, 5) is 34.2. The van der Waals surface area contributed by atoms with Gasteiger partial charge in [-0.3, -0.25) is 14.4 Å². The number of benzene rings is 3. The molecule has 2 aliphatic rings. The second-order valence-corrected chi connectivity index (χ2v) is 7.87. The maximum atomic E-state index is 13.5. The number of aryl methyl sites for hydroxylation is 2. The van der Waals surface area contributed by atoms with Crippen molar-refractivity contribution in [3.05, 3.63) is 95.6 Å². The summed E-state index contributed by atoms with van der Waals surface area (Å²) >= 11 is 0. The lowest BCUT2D eigenvalue weighted by atomic mass is 9.87. The Kier molecular flexibility index (Phi) is 4.40. The van der Waals surface area contributed by atoms with E-state index in [0.29, 0.717) is 5.69 Å². The summed E-state index contributed by atoms with van der Waals surface area (Å²) in [6, 6.07) is 24.5. The number of hydrogen-bond donors (Lipinski definition) is 0. The van der Waals surface area contributed by atoms with Crippen LogP contribution in [0.15, 0.2) is 78.9 Å². The molecule has 150 valence electrons. The molecule has 2 amide bonds. The van der Waals surface area contributed by atoms with E-state index < -0.39 is 12.0 Å². The van der Waals surface area contributed by atoms with Crippen molar-refractivity contribution in [1.29, 1.82) is 0 Å². The number of amides is 2. The van der Waals surface area contributed by atoms with Crippen molar-refractivity contribution in [1.82, 2.24) is 0 Å². The van der Waals surface area contributed by atoms with Gasteiger partial charge in [-0.1, -0.05) is 60.2 Å². The third kappa shape index (κ3) is 2.82. The minimum absolute atomic E-state index is 0.223. The molecule has 3 aromatic carbocycles. The Bertz CT molecular complexity index is 1110. The van der Waals surface area contributed by atoms with Gasteiger partial charge in [0.25, 0.3) is 5.91 Å². The number of carbonyl (C=O) groups excluding carboxylic acids is 2. The predicted molar refractivity (Wildman–Crippen MR) is 115 cm³/mol. The van der Waals surface area contributed by atoms with Crippen LogP contribution in [-0.2, 0) is 14.4 Å². The van der Waals surface area contributed by atoms with E-state index in [0.717, 1.165) is 22.4 Å². The predicted octanol–water partition coefficient (Wildman–Crippen LogP) is 4.35. The molecule has 0 unspecified atom stereocenters. The second-order valence-electron chi connectivity index (χ2n) is 7.87. The molecule has 5 nitrogen and oxygen atoms in total. The van der Waals surface area contributed by atoms with Gasteiger partial charge < -0.3 is 0 Å². The van der Waals surface area contributed by atoms with Crippen LogP contribution in [0, 0.1) is 19.8 Å². The topological polar surface area (TPSA) is 49.9 Å². The van der Waals surface area contributed by atoms with Crippen LogP contribution in [0.1, 0.15) is 22.7 Å². The second kappa shape index (κ2) is 7.11. The van der Waals surface area contributed by atoms with Crippen LogP contribution in [0.2, 0.25) is 0 Å². The lowest BCUT2D eigenvalue weighted by Gasteiger charge is -2.29. The van der Waals surface area contributed by atoms with Crippen LogP contribution in [0.3, 0.4) is 0 Å². The van der Waals surface area contributed by atoms with Gasteiger partial charge in [0, 0.05) is 0 Å². The Morgan fingerprint density at radius 1 is 0.767 bits per heavy atom. The van der Waals surface area contributed by atoms with Gasteiger partial charge in [0.1, 0.15) is 5.92 Å². The zero-order chi connectivity index (χ0) is 20.8. The fourth-order valence-electron chi connectivity index (χ4n) is 4.52. The number of hydrogen-bond acceptors (Lipinski definition) is 4. The van der Waals surface area contributed by atoms with Gasteiger partial charge in [-0.15, -0.1) is 0 Å². The van der Waals surface area contributed by atoms with Crippen LogP contribution in [-0.4, -0.2) is 17.9 Å². The van der Waals surface area contributed by atoms with Crippen molar-refractivity contribution in [2.24, 2.45) is 5.92 Å². The van der Waals surface area contributed by atoms with Crippen molar-refractivity contribution in [3.63, 3.8) is 0 Å². The van der Waals surface area contributed by atoms with Crippen molar-refractivity contribution >= 4 is 23.2 Å². The van der Waals surface area contributed by atoms with Gasteiger partial charge in [0.05, 0.1) is 17.4 Å². The molecule has 2 fully saturated rings. The van der Waals surface area contributed by atoms with Crippen LogP contribution in [0.25, 0.3) is 0 Å². The highest BCUT2D eigenvalue weighted by molar-refractivity contribution is 6.23. The zero-order valence-electron chi connectivity index (χ0n) is 16.9. The Balaban J connectivity index is 1.62. The normalized spacial score (nSPS) is 23.2. The Hall–Kier alpha value is -3.44. The van der Waals surface area contributed by atoms with Crippen molar-refractivity contribution < 1.29 is 14.4 Å². The maximum absolute atomic E-state index is 13.5. The van der Waals surface area contributed by atoms with E-state index in [4.69, 9.17) is 4.84 Å². The molecule has 0 aliphatic carbocycles. The van der Waals surface area contributed by atoms with Gasteiger partial charge in [0.2, 0.25) is 5.91 Å². The maximum Gasteiger partial charge on any atom is 0.266 e. The molecule has 3 atom stereocenters. The van der Waals surface area contributed by atoms with E-state index in [1.807, 2.05) is 74.5 Å². The van der Waals surface area contributed by atoms with Crippen molar-refractivity contribution in [2.75, 3.05) is 9.96 Å². The van der Waals surface area contributed by atoms with E-state index in [2.05, 4.69) is 6.07 Å².